The summed E-state index contributed by atoms with van der Waals surface area (Å²) in [7, 11) is 0. The fourth-order valence-electron chi connectivity index (χ4n) is 4.34. The molecule has 0 atom stereocenters. The molecule has 0 saturated carbocycles. The van der Waals surface area contributed by atoms with Gasteiger partial charge >= 0.3 is 0 Å². The van der Waals surface area contributed by atoms with E-state index >= 15 is 0 Å². The largest absolute Gasteiger partial charge is 0.368 e. The Hall–Kier alpha value is -2.11. The molecule has 0 radical (unpaired) electrons. The maximum Gasteiger partial charge on any atom is 0.242 e. The van der Waals surface area contributed by atoms with Gasteiger partial charge in [0.15, 0.2) is 0 Å². The Balaban J connectivity index is 1.33. The number of anilines is 1. The van der Waals surface area contributed by atoms with Gasteiger partial charge in [-0.2, -0.15) is 0 Å². The van der Waals surface area contributed by atoms with Crippen LogP contribution in [0.3, 0.4) is 0 Å². The second-order valence-electron chi connectivity index (χ2n) is 7.25. The zero-order valence-electron chi connectivity index (χ0n) is 14.4. The van der Waals surface area contributed by atoms with E-state index in [4.69, 9.17) is 0 Å². The minimum atomic E-state index is -0.169. The number of fused-ring (bicyclic) bond motifs is 1. The predicted molar refractivity (Wildman–Crippen MR) is 92.9 cm³/mol. The summed E-state index contributed by atoms with van der Waals surface area (Å²) in [5.74, 6) is -0.000731. The Morgan fingerprint density at radius 1 is 1.12 bits per heavy atom. The third-order valence-corrected chi connectivity index (χ3v) is 5.73. The highest BCUT2D eigenvalue weighted by molar-refractivity contribution is 5.86. The van der Waals surface area contributed by atoms with E-state index in [-0.39, 0.29) is 24.2 Å². The Morgan fingerprint density at radius 3 is 2.64 bits per heavy atom. The highest BCUT2D eigenvalue weighted by atomic mass is 19.1. The van der Waals surface area contributed by atoms with Crippen LogP contribution in [0.2, 0.25) is 0 Å². The predicted octanol–water partition coefficient (Wildman–Crippen LogP) is 1.80. The molecule has 0 bridgehead atoms. The third kappa shape index (κ3) is 3.22. The van der Waals surface area contributed by atoms with E-state index in [1.54, 1.807) is 11.0 Å². The van der Waals surface area contributed by atoms with Gasteiger partial charge in [-0.1, -0.05) is 0 Å². The van der Waals surface area contributed by atoms with Crippen LogP contribution in [-0.4, -0.2) is 60.4 Å². The molecule has 3 aliphatic heterocycles. The van der Waals surface area contributed by atoms with E-state index in [9.17, 15) is 14.0 Å². The number of nitrogens with zero attached hydrogens (tertiary/aromatic N) is 3. The van der Waals surface area contributed by atoms with Crippen LogP contribution < -0.4 is 4.90 Å². The number of rotatable bonds is 3. The number of carbonyl (C=O) groups excluding carboxylic acids is 2. The van der Waals surface area contributed by atoms with Gasteiger partial charge in [-0.15, -0.1) is 0 Å². The van der Waals surface area contributed by atoms with Gasteiger partial charge in [0.05, 0.1) is 6.54 Å². The third-order valence-electron chi connectivity index (χ3n) is 5.73. The Kier molecular flexibility index (Phi) is 4.36. The molecule has 0 unspecified atom stereocenters. The molecule has 6 heteroatoms. The maximum atomic E-state index is 13.4. The minimum absolute atomic E-state index is 0.0672. The molecule has 0 aliphatic carbocycles. The van der Waals surface area contributed by atoms with E-state index in [2.05, 4.69) is 4.90 Å². The number of likely N-dealkylation sites (tertiary alicyclic amines) is 2. The van der Waals surface area contributed by atoms with Gasteiger partial charge in [0.2, 0.25) is 11.8 Å². The quantitative estimate of drug-likeness (QED) is 0.839. The molecule has 5 nitrogen and oxygen atoms in total. The molecule has 4 rings (SSSR count). The van der Waals surface area contributed by atoms with Crippen LogP contribution >= 0.6 is 0 Å². The van der Waals surface area contributed by atoms with Crippen molar-refractivity contribution in [3.05, 3.63) is 29.6 Å². The second-order valence-corrected chi connectivity index (χ2v) is 7.25. The van der Waals surface area contributed by atoms with E-state index in [0.717, 1.165) is 56.6 Å². The smallest absolute Gasteiger partial charge is 0.242 e. The summed E-state index contributed by atoms with van der Waals surface area (Å²) in [6.07, 6.45) is 4.18. The molecule has 2 amide bonds. The maximum absolute atomic E-state index is 13.4. The van der Waals surface area contributed by atoms with Crippen LogP contribution in [-0.2, 0) is 16.0 Å². The molecule has 2 saturated heterocycles. The first kappa shape index (κ1) is 16.4. The van der Waals surface area contributed by atoms with E-state index in [1.165, 1.54) is 6.07 Å². The zero-order valence-corrected chi connectivity index (χ0v) is 14.4. The second kappa shape index (κ2) is 6.65. The van der Waals surface area contributed by atoms with Crippen molar-refractivity contribution in [3.63, 3.8) is 0 Å². The molecule has 134 valence electrons. The molecule has 0 spiro atoms. The molecule has 0 N–H and O–H groups in total. The summed E-state index contributed by atoms with van der Waals surface area (Å²) < 4.78 is 13.4. The van der Waals surface area contributed by atoms with Crippen LogP contribution in [0.25, 0.3) is 0 Å². The lowest BCUT2D eigenvalue weighted by Crippen LogP contribution is -2.49. The summed E-state index contributed by atoms with van der Waals surface area (Å²) in [4.78, 5) is 30.1. The number of hydrogen-bond acceptors (Lipinski definition) is 3. The van der Waals surface area contributed by atoms with Gasteiger partial charge in [-0.05, 0) is 49.4 Å². The highest BCUT2D eigenvalue weighted by Crippen LogP contribution is 2.33. The van der Waals surface area contributed by atoms with Crippen molar-refractivity contribution in [1.82, 2.24) is 9.80 Å². The molecule has 3 aliphatic rings. The van der Waals surface area contributed by atoms with Crippen molar-refractivity contribution in [1.29, 1.82) is 0 Å². The van der Waals surface area contributed by atoms with Gasteiger partial charge < -0.3 is 14.7 Å². The number of carbonyl (C=O) groups is 2. The molecule has 1 aromatic carbocycles. The molecular weight excluding hydrogens is 321 g/mol. The summed E-state index contributed by atoms with van der Waals surface area (Å²) in [5, 5.41) is 0. The van der Waals surface area contributed by atoms with E-state index in [0.29, 0.717) is 19.0 Å². The van der Waals surface area contributed by atoms with Crippen molar-refractivity contribution in [2.24, 2.45) is 0 Å². The van der Waals surface area contributed by atoms with Crippen molar-refractivity contribution in [2.75, 3.05) is 37.6 Å². The van der Waals surface area contributed by atoms with Crippen LogP contribution in [0.1, 0.15) is 31.2 Å². The molecule has 25 heavy (non-hydrogen) atoms. The first-order valence-corrected chi connectivity index (χ1v) is 9.22. The number of benzene rings is 1. The topological polar surface area (TPSA) is 43.9 Å². The van der Waals surface area contributed by atoms with Gasteiger partial charge in [0, 0.05) is 44.3 Å². The number of hydrogen-bond donors (Lipinski definition) is 0. The fourth-order valence-corrected chi connectivity index (χ4v) is 4.34. The van der Waals surface area contributed by atoms with Crippen LogP contribution in [0.4, 0.5) is 10.1 Å². The number of halogens is 1. The molecule has 0 aromatic heterocycles. The first-order valence-electron chi connectivity index (χ1n) is 9.22. The molecular formula is C19H24FN3O2. The average Bonchev–Trinajstić information content (AvgIpc) is 3.21. The fraction of sp³-hybridized carbons (Fsp3) is 0.579. The zero-order chi connectivity index (χ0) is 17.4. The number of amides is 2. The van der Waals surface area contributed by atoms with Crippen molar-refractivity contribution in [2.45, 2.75) is 38.1 Å². The molecule has 2 fully saturated rings. The average molecular weight is 345 g/mol. The van der Waals surface area contributed by atoms with Crippen LogP contribution in [0, 0.1) is 5.82 Å². The molecule has 3 heterocycles. The number of piperidine rings is 1. The lowest BCUT2D eigenvalue weighted by Gasteiger charge is -2.38. The summed E-state index contributed by atoms with van der Waals surface area (Å²) in [6.45, 7) is 3.34. The standard InChI is InChI=1S/C19H24FN3O2/c20-15-3-4-17-14(12-15)5-11-23(17)16-6-9-21(10-7-16)19(25)13-22-8-1-2-18(22)24/h3-4,12,16H,1-2,5-11,13H2. The van der Waals surface area contributed by atoms with Gasteiger partial charge in [0.25, 0.3) is 0 Å². The lowest BCUT2D eigenvalue weighted by molar-refractivity contribution is -0.139. The van der Waals surface area contributed by atoms with Crippen LogP contribution in [0.15, 0.2) is 18.2 Å². The Bertz CT molecular complexity index is 685. The summed E-state index contributed by atoms with van der Waals surface area (Å²) in [5.41, 5.74) is 2.24. The van der Waals surface area contributed by atoms with E-state index < -0.39 is 0 Å². The van der Waals surface area contributed by atoms with Gasteiger partial charge in [-0.25, -0.2) is 4.39 Å². The summed E-state index contributed by atoms with van der Waals surface area (Å²) >= 11 is 0. The normalized spacial score (nSPS) is 21.2. The monoisotopic (exact) mass is 345 g/mol. The van der Waals surface area contributed by atoms with Crippen molar-refractivity contribution >= 4 is 17.5 Å². The van der Waals surface area contributed by atoms with Crippen molar-refractivity contribution < 1.29 is 14.0 Å². The minimum Gasteiger partial charge on any atom is -0.368 e. The Labute approximate surface area is 147 Å². The van der Waals surface area contributed by atoms with E-state index in [1.807, 2.05) is 11.0 Å². The molecule has 1 aromatic rings. The van der Waals surface area contributed by atoms with Crippen LogP contribution in [0.5, 0.6) is 0 Å². The SMILES string of the molecule is O=C(CN1CCCC1=O)N1CCC(N2CCc3cc(F)ccc32)CC1. The summed E-state index contributed by atoms with van der Waals surface area (Å²) in [6, 6.07) is 5.46. The Morgan fingerprint density at radius 2 is 1.92 bits per heavy atom. The van der Waals surface area contributed by atoms with Crippen molar-refractivity contribution in [3.8, 4) is 0 Å². The first-order chi connectivity index (χ1) is 12.1. The van der Waals surface area contributed by atoms with Gasteiger partial charge in [-0.3, -0.25) is 9.59 Å². The highest BCUT2D eigenvalue weighted by Gasteiger charge is 2.32. The lowest BCUT2D eigenvalue weighted by atomic mass is 10.0. The van der Waals surface area contributed by atoms with Gasteiger partial charge in [0.1, 0.15) is 5.82 Å².